The highest BCUT2D eigenvalue weighted by Gasteiger charge is 2.14. The van der Waals surface area contributed by atoms with Crippen molar-refractivity contribution in [3.8, 4) is 5.88 Å². The summed E-state index contributed by atoms with van der Waals surface area (Å²) in [7, 11) is 1.28. The summed E-state index contributed by atoms with van der Waals surface area (Å²) in [5, 5.41) is 20.8. The van der Waals surface area contributed by atoms with E-state index in [2.05, 4.69) is 4.98 Å². The molecule has 1 aromatic rings. The average molecular weight is 213 g/mol. The molecular weight excluding hydrogens is 206 g/mol. The first kappa shape index (κ1) is 10.7. The van der Waals surface area contributed by atoms with Crippen LogP contribution in [0.1, 0.15) is 0 Å². The maximum Gasteiger partial charge on any atom is 0.409 e. The standard InChI is InChI=1S/C7H7N3O5/c1-15-6-5(9-7(11)12)2-4(3-8-6)10(13)14/h2-3,9H,1H3,(H,11,12). The first-order chi connectivity index (χ1) is 7.04. The monoisotopic (exact) mass is 213 g/mol. The van der Waals surface area contributed by atoms with Gasteiger partial charge >= 0.3 is 6.09 Å². The molecule has 2 N–H and O–H groups in total. The summed E-state index contributed by atoms with van der Waals surface area (Å²) in [5.41, 5.74) is -0.390. The average Bonchev–Trinajstić information content (AvgIpc) is 2.16. The Kier molecular flexibility index (Phi) is 3.01. The summed E-state index contributed by atoms with van der Waals surface area (Å²) in [4.78, 5) is 23.6. The normalized spacial score (nSPS) is 9.40. The third-order valence-electron chi connectivity index (χ3n) is 1.48. The molecule has 0 aliphatic carbocycles. The van der Waals surface area contributed by atoms with Crippen molar-refractivity contribution < 1.29 is 19.6 Å². The fraction of sp³-hybridized carbons (Fsp3) is 0.143. The molecule has 0 atom stereocenters. The van der Waals surface area contributed by atoms with Crippen LogP contribution < -0.4 is 10.1 Å². The van der Waals surface area contributed by atoms with E-state index in [9.17, 15) is 14.9 Å². The van der Waals surface area contributed by atoms with E-state index in [1.807, 2.05) is 5.32 Å². The SMILES string of the molecule is COc1ncc([N+](=O)[O-])cc1NC(=O)O. The summed E-state index contributed by atoms with van der Waals surface area (Å²) in [6.45, 7) is 0. The number of amides is 1. The van der Waals surface area contributed by atoms with Gasteiger partial charge in [-0.2, -0.15) is 0 Å². The molecule has 0 aromatic carbocycles. The smallest absolute Gasteiger partial charge is 0.409 e. The highest BCUT2D eigenvalue weighted by molar-refractivity contribution is 5.85. The highest BCUT2D eigenvalue weighted by atomic mass is 16.6. The minimum atomic E-state index is -1.35. The van der Waals surface area contributed by atoms with E-state index >= 15 is 0 Å². The van der Waals surface area contributed by atoms with Gasteiger partial charge in [0.1, 0.15) is 11.9 Å². The van der Waals surface area contributed by atoms with Gasteiger partial charge in [0.25, 0.3) is 5.69 Å². The van der Waals surface area contributed by atoms with Crippen molar-refractivity contribution in [2.24, 2.45) is 0 Å². The fourth-order valence-electron chi connectivity index (χ4n) is 0.908. The van der Waals surface area contributed by atoms with E-state index in [1.54, 1.807) is 0 Å². The second-order valence-electron chi connectivity index (χ2n) is 2.44. The van der Waals surface area contributed by atoms with E-state index in [-0.39, 0.29) is 17.3 Å². The van der Waals surface area contributed by atoms with E-state index in [4.69, 9.17) is 9.84 Å². The van der Waals surface area contributed by atoms with E-state index in [0.29, 0.717) is 0 Å². The molecule has 8 heteroatoms. The molecule has 0 aliphatic rings. The molecule has 1 rings (SSSR count). The Morgan fingerprint density at radius 3 is 2.87 bits per heavy atom. The van der Waals surface area contributed by atoms with E-state index in [1.165, 1.54) is 7.11 Å². The van der Waals surface area contributed by atoms with Crippen LogP contribution in [0.5, 0.6) is 5.88 Å². The van der Waals surface area contributed by atoms with E-state index < -0.39 is 11.0 Å². The lowest BCUT2D eigenvalue weighted by Gasteiger charge is -2.05. The van der Waals surface area contributed by atoms with E-state index in [0.717, 1.165) is 12.3 Å². The number of anilines is 1. The lowest BCUT2D eigenvalue weighted by Crippen LogP contribution is -2.09. The third-order valence-corrected chi connectivity index (χ3v) is 1.48. The fourth-order valence-corrected chi connectivity index (χ4v) is 0.908. The van der Waals surface area contributed by atoms with Gasteiger partial charge in [0.15, 0.2) is 0 Å². The van der Waals surface area contributed by atoms with Crippen molar-refractivity contribution in [3.63, 3.8) is 0 Å². The number of pyridine rings is 1. The van der Waals surface area contributed by atoms with Crippen molar-refractivity contribution in [1.82, 2.24) is 4.98 Å². The second kappa shape index (κ2) is 4.22. The minimum absolute atomic E-state index is 0.0250. The summed E-state index contributed by atoms with van der Waals surface area (Å²) < 4.78 is 4.72. The molecule has 0 spiro atoms. The van der Waals surface area contributed by atoms with Gasteiger partial charge in [0.2, 0.25) is 5.88 Å². The number of nitro groups is 1. The molecule has 0 unspecified atom stereocenters. The molecule has 1 heterocycles. The molecule has 0 saturated carbocycles. The summed E-state index contributed by atoms with van der Waals surface area (Å²) >= 11 is 0. The van der Waals surface area contributed by atoms with Crippen molar-refractivity contribution in [1.29, 1.82) is 0 Å². The van der Waals surface area contributed by atoms with Gasteiger partial charge in [0.05, 0.1) is 12.0 Å². The molecule has 0 radical (unpaired) electrons. The lowest BCUT2D eigenvalue weighted by molar-refractivity contribution is -0.385. The predicted octanol–water partition coefficient (Wildman–Crippen LogP) is 1.09. The summed E-state index contributed by atoms with van der Waals surface area (Å²) in [6, 6.07) is 1.03. The number of carbonyl (C=O) groups is 1. The number of hydrogen-bond acceptors (Lipinski definition) is 5. The van der Waals surface area contributed by atoms with Gasteiger partial charge in [-0.3, -0.25) is 15.4 Å². The Bertz CT molecular complexity index is 406. The second-order valence-corrected chi connectivity index (χ2v) is 2.44. The number of rotatable bonds is 3. The largest absolute Gasteiger partial charge is 0.480 e. The minimum Gasteiger partial charge on any atom is -0.480 e. The van der Waals surface area contributed by atoms with Crippen LogP contribution in [0.3, 0.4) is 0 Å². The zero-order chi connectivity index (χ0) is 11.4. The molecule has 1 amide bonds. The van der Waals surface area contributed by atoms with Crippen LogP contribution in [0.25, 0.3) is 0 Å². The molecule has 0 bridgehead atoms. The van der Waals surface area contributed by atoms with Crippen molar-refractivity contribution in [2.75, 3.05) is 12.4 Å². The van der Waals surface area contributed by atoms with Crippen LogP contribution in [0.2, 0.25) is 0 Å². The number of methoxy groups -OCH3 is 1. The number of nitrogens with zero attached hydrogens (tertiary/aromatic N) is 2. The number of nitrogens with one attached hydrogen (secondary N) is 1. The first-order valence-corrected chi connectivity index (χ1v) is 3.73. The topological polar surface area (TPSA) is 115 Å². The molecular formula is C7H7N3O5. The van der Waals surface area contributed by atoms with Crippen LogP contribution in [-0.2, 0) is 0 Å². The Morgan fingerprint density at radius 2 is 2.40 bits per heavy atom. The van der Waals surface area contributed by atoms with Gasteiger partial charge in [-0.25, -0.2) is 9.78 Å². The Labute approximate surface area is 83.7 Å². The third kappa shape index (κ3) is 2.53. The zero-order valence-electron chi connectivity index (χ0n) is 7.63. The maximum absolute atomic E-state index is 10.4. The zero-order valence-corrected chi connectivity index (χ0v) is 7.63. The van der Waals surface area contributed by atoms with Crippen LogP contribution in [0, 0.1) is 10.1 Å². The predicted molar refractivity (Wildman–Crippen MR) is 49.1 cm³/mol. The van der Waals surface area contributed by atoms with Gasteiger partial charge in [-0.1, -0.05) is 0 Å². The van der Waals surface area contributed by atoms with Crippen molar-refractivity contribution >= 4 is 17.5 Å². The maximum atomic E-state index is 10.4. The van der Waals surface area contributed by atoms with Crippen LogP contribution in [0.15, 0.2) is 12.3 Å². The lowest BCUT2D eigenvalue weighted by atomic mass is 10.3. The summed E-state index contributed by atoms with van der Waals surface area (Å²) in [5.74, 6) is -0.0250. The Balaban J connectivity index is 3.12. The molecule has 80 valence electrons. The molecule has 1 aromatic heterocycles. The van der Waals surface area contributed by atoms with Gasteiger partial charge in [0, 0.05) is 6.07 Å². The molecule has 15 heavy (non-hydrogen) atoms. The van der Waals surface area contributed by atoms with Crippen LogP contribution in [0.4, 0.5) is 16.2 Å². The Hall–Kier alpha value is -2.38. The van der Waals surface area contributed by atoms with Crippen LogP contribution >= 0.6 is 0 Å². The van der Waals surface area contributed by atoms with Gasteiger partial charge < -0.3 is 9.84 Å². The molecule has 8 nitrogen and oxygen atoms in total. The molecule has 0 fully saturated rings. The van der Waals surface area contributed by atoms with Gasteiger partial charge in [-0.15, -0.1) is 0 Å². The van der Waals surface area contributed by atoms with Crippen molar-refractivity contribution in [3.05, 3.63) is 22.4 Å². The Morgan fingerprint density at radius 1 is 1.73 bits per heavy atom. The van der Waals surface area contributed by atoms with Gasteiger partial charge in [-0.05, 0) is 0 Å². The highest BCUT2D eigenvalue weighted by Crippen LogP contribution is 2.25. The first-order valence-electron chi connectivity index (χ1n) is 3.73. The number of ether oxygens (including phenoxy) is 1. The number of hydrogen-bond donors (Lipinski definition) is 2. The number of carboxylic acid groups (broad SMARTS) is 1. The van der Waals surface area contributed by atoms with Crippen molar-refractivity contribution in [2.45, 2.75) is 0 Å². The molecule has 0 aliphatic heterocycles. The molecule has 0 saturated heterocycles. The number of aromatic nitrogens is 1. The van der Waals surface area contributed by atoms with Crippen LogP contribution in [-0.4, -0.2) is 28.2 Å². The summed E-state index contributed by atoms with van der Waals surface area (Å²) in [6.07, 6.45) is -0.373. The quantitative estimate of drug-likeness (QED) is 0.573.